The number of rotatable bonds is 3. The van der Waals surface area contributed by atoms with Gasteiger partial charge >= 0.3 is 0 Å². The summed E-state index contributed by atoms with van der Waals surface area (Å²) in [5, 5.41) is 2.31. The summed E-state index contributed by atoms with van der Waals surface area (Å²) in [6.07, 6.45) is 0. The molecule has 0 aliphatic heterocycles. The zero-order chi connectivity index (χ0) is 12.4. The lowest BCUT2D eigenvalue weighted by Crippen LogP contribution is -2.05. The van der Waals surface area contributed by atoms with Crippen molar-refractivity contribution in [1.29, 1.82) is 0 Å². The first-order valence-electron chi connectivity index (χ1n) is 4.93. The molecule has 0 aliphatic rings. The minimum absolute atomic E-state index is 0.649. The number of aryl methyl sites for hydroxylation is 1. The first kappa shape index (κ1) is 12.2. The molecule has 1 aromatic carbocycles. The van der Waals surface area contributed by atoms with Crippen molar-refractivity contribution in [2.24, 2.45) is 5.84 Å². The number of hydrazine groups is 1. The first-order valence-corrected chi connectivity index (χ1v) is 6.13. The molecule has 1 aromatic heterocycles. The smallest absolute Gasteiger partial charge is 0.129 e. The fourth-order valence-electron chi connectivity index (χ4n) is 1.49. The van der Waals surface area contributed by atoms with Crippen molar-refractivity contribution in [3.8, 4) is 16.3 Å². The van der Waals surface area contributed by atoms with E-state index in [1.807, 2.05) is 19.1 Å². The third kappa shape index (κ3) is 2.36. The highest BCUT2D eigenvalue weighted by Crippen LogP contribution is 2.37. The second kappa shape index (κ2) is 4.91. The number of anilines is 1. The maximum atomic E-state index is 5.99. The van der Waals surface area contributed by atoms with Crippen LogP contribution in [0.1, 0.15) is 5.69 Å². The molecule has 90 valence electrons. The van der Waals surface area contributed by atoms with E-state index in [9.17, 15) is 0 Å². The Kier molecular flexibility index (Phi) is 3.51. The number of nitrogens with two attached hydrogens (primary N) is 1. The highest BCUT2D eigenvalue weighted by molar-refractivity contribution is 7.19. The summed E-state index contributed by atoms with van der Waals surface area (Å²) in [6.45, 7) is 1.90. The normalized spacial score (nSPS) is 10.4. The highest BCUT2D eigenvalue weighted by atomic mass is 35.5. The molecule has 0 amide bonds. The van der Waals surface area contributed by atoms with Crippen LogP contribution in [0, 0.1) is 6.92 Å². The largest absolute Gasteiger partial charge is 0.496 e. The van der Waals surface area contributed by atoms with Crippen LogP contribution in [0.3, 0.4) is 0 Å². The number of halogens is 1. The Balaban J connectivity index is 2.54. The number of hydrogen-bond acceptors (Lipinski definition) is 5. The van der Waals surface area contributed by atoms with E-state index in [1.165, 1.54) is 11.3 Å². The van der Waals surface area contributed by atoms with Crippen LogP contribution in [0.2, 0.25) is 5.02 Å². The van der Waals surface area contributed by atoms with Gasteiger partial charge in [-0.05, 0) is 25.1 Å². The van der Waals surface area contributed by atoms with Crippen LogP contribution in [0.25, 0.3) is 10.6 Å². The van der Waals surface area contributed by atoms with Crippen molar-refractivity contribution >= 4 is 27.9 Å². The van der Waals surface area contributed by atoms with Gasteiger partial charge in [0, 0.05) is 5.02 Å². The molecule has 0 saturated heterocycles. The molecule has 0 radical (unpaired) electrons. The lowest BCUT2D eigenvalue weighted by Gasteiger charge is -2.05. The van der Waals surface area contributed by atoms with Crippen LogP contribution in [-0.2, 0) is 0 Å². The summed E-state index contributed by atoms with van der Waals surface area (Å²) in [5.74, 6) is 6.15. The third-order valence-electron chi connectivity index (χ3n) is 2.32. The van der Waals surface area contributed by atoms with Crippen molar-refractivity contribution in [2.75, 3.05) is 12.5 Å². The standard InChI is InChI=1S/C11H12ClN3OS/c1-6-10(15-13)17-11(14-6)8-5-7(12)3-4-9(8)16-2/h3-5,15H,13H2,1-2H3. The van der Waals surface area contributed by atoms with Crippen molar-refractivity contribution in [2.45, 2.75) is 6.92 Å². The zero-order valence-corrected chi connectivity index (χ0v) is 11.0. The van der Waals surface area contributed by atoms with Crippen LogP contribution in [0.4, 0.5) is 5.00 Å². The van der Waals surface area contributed by atoms with Crippen molar-refractivity contribution < 1.29 is 4.74 Å². The quantitative estimate of drug-likeness (QED) is 0.664. The predicted molar refractivity (Wildman–Crippen MR) is 71.7 cm³/mol. The van der Waals surface area contributed by atoms with E-state index in [2.05, 4.69) is 10.4 Å². The maximum absolute atomic E-state index is 5.99. The minimum Gasteiger partial charge on any atom is -0.496 e. The molecule has 17 heavy (non-hydrogen) atoms. The number of nitrogen functional groups attached to an aromatic ring is 1. The van der Waals surface area contributed by atoms with E-state index in [-0.39, 0.29) is 0 Å². The average molecular weight is 270 g/mol. The molecule has 0 bridgehead atoms. The van der Waals surface area contributed by atoms with Gasteiger partial charge in [0.1, 0.15) is 15.8 Å². The van der Waals surface area contributed by atoms with Gasteiger partial charge in [0.15, 0.2) is 0 Å². The Morgan fingerprint density at radius 1 is 1.47 bits per heavy atom. The van der Waals surface area contributed by atoms with Gasteiger partial charge in [-0.3, -0.25) is 0 Å². The lowest BCUT2D eigenvalue weighted by molar-refractivity contribution is 0.416. The number of benzene rings is 1. The van der Waals surface area contributed by atoms with Gasteiger partial charge in [-0.15, -0.1) is 0 Å². The summed E-state index contributed by atoms with van der Waals surface area (Å²) < 4.78 is 5.29. The Morgan fingerprint density at radius 3 is 2.82 bits per heavy atom. The summed E-state index contributed by atoms with van der Waals surface area (Å²) in [4.78, 5) is 4.44. The number of aromatic nitrogens is 1. The molecule has 6 heteroatoms. The van der Waals surface area contributed by atoms with Crippen LogP contribution in [0.15, 0.2) is 18.2 Å². The molecule has 2 aromatic rings. The molecule has 0 spiro atoms. The van der Waals surface area contributed by atoms with Crippen LogP contribution in [0.5, 0.6) is 5.75 Å². The number of ether oxygens (including phenoxy) is 1. The van der Waals surface area contributed by atoms with Crippen molar-refractivity contribution in [1.82, 2.24) is 4.98 Å². The van der Waals surface area contributed by atoms with Gasteiger partial charge in [0.2, 0.25) is 0 Å². The average Bonchev–Trinajstić information content (AvgIpc) is 2.70. The second-order valence-corrected chi connectivity index (χ2v) is 4.86. The summed E-state index contributed by atoms with van der Waals surface area (Å²) in [6, 6.07) is 5.44. The molecular formula is C11H12ClN3OS. The molecule has 0 aliphatic carbocycles. The van der Waals surface area contributed by atoms with Crippen LogP contribution >= 0.6 is 22.9 Å². The fourth-order valence-corrected chi connectivity index (χ4v) is 2.56. The molecule has 0 atom stereocenters. The van der Waals surface area contributed by atoms with Gasteiger partial charge in [-0.25, -0.2) is 10.8 Å². The highest BCUT2D eigenvalue weighted by Gasteiger charge is 2.13. The zero-order valence-electron chi connectivity index (χ0n) is 9.45. The van der Waals surface area contributed by atoms with Gasteiger partial charge in [0.05, 0.1) is 18.4 Å². The van der Waals surface area contributed by atoms with E-state index in [1.54, 1.807) is 13.2 Å². The number of hydrogen-bond donors (Lipinski definition) is 2. The second-order valence-electron chi connectivity index (χ2n) is 3.42. The van der Waals surface area contributed by atoms with Gasteiger partial charge in [0.25, 0.3) is 0 Å². The Hall–Kier alpha value is -1.30. The topological polar surface area (TPSA) is 60.2 Å². The van der Waals surface area contributed by atoms with Gasteiger partial charge < -0.3 is 10.2 Å². The molecular weight excluding hydrogens is 258 g/mol. The molecule has 1 heterocycles. The Bertz CT molecular complexity index is 542. The number of thiazole rings is 1. The first-order chi connectivity index (χ1) is 8.15. The predicted octanol–water partition coefficient (Wildman–Crippen LogP) is 3.07. The molecule has 4 nitrogen and oxygen atoms in total. The Labute approximate surface area is 108 Å². The van der Waals surface area contributed by atoms with Gasteiger partial charge in [-0.1, -0.05) is 22.9 Å². The van der Waals surface area contributed by atoms with E-state index in [0.717, 1.165) is 27.0 Å². The number of methoxy groups -OCH3 is 1. The Morgan fingerprint density at radius 2 is 2.24 bits per heavy atom. The summed E-state index contributed by atoms with van der Waals surface area (Å²) >= 11 is 7.45. The van der Waals surface area contributed by atoms with Crippen molar-refractivity contribution in [3.63, 3.8) is 0 Å². The van der Waals surface area contributed by atoms with Gasteiger partial charge in [-0.2, -0.15) is 0 Å². The van der Waals surface area contributed by atoms with Crippen LogP contribution in [-0.4, -0.2) is 12.1 Å². The third-order valence-corrected chi connectivity index (χ3v) is 3.68. The van der Waals surface area contributed by atoms with E-state index >= 15 is 0 Å². The number of nitrogens with one attached hydrogen (secondary N) is 1. The van der Waals surface area contributed by atoms with E-state index in [0.29, 0.717) is 5.02 Å². The molecule has 3 N–H and O–H groups in total. The minimum atomic E-state index is 0.649. The molecule has 0 unspecified atom stereocenters. The fraction of sp³-hybridized carbons (Fsp3) is 0.182. The van der Waals surface area contributed by atoms with Crippen LogP contribution < -0.4 is 16.0 Å². The molecule has 0 fully saturated rings. The van der Waals surface area contributed by atoms with Crippen molar-refractivity contribution in [3.05, 3.63) is 28.9 Å². The molecule has 0 saturated carbocycles. The van der Waals surface area contributed by atoms with E-state index in [4.69, 9.17) is 22.2 Å². The SMILES string of the molecule is COc1ccc(Cl)cc1-c1nc(C)c(NN)s1. The van der Waals surface area contributed by atoms with E-state index < -0.39 is 0 Å². The monoisotopic (exact) mass is 269 g/mol. The summed E-state index contributed by atoms with van der Waals surface area (Å²) in [7, 11) is 1.62. The molecule has 2 rings (SSSR count). The number of nitrogens with zero attached hydrogens (tertiary/aromatic N) is 1. The summed E-state index contributed by atoms with van der Waals surface area (Å²) in [5.41, 5.74) is 4.35. The lowest BCUT2D eigenvalue weighted by atomic mass is 10.2. The maximum Gasteiger partial charge on any atom is 0.129 e.